The number of allylic oxidation sites excluding steroid dienone is 2. The van der Waals surface area contributed by atoms with Crippen LogP contribution in [0, 0.1) is 0 Å². The molecule has 0 aromatic heterocycles. The van der Waals surface area contributed by atoms with E-state index >= 15 is 0 Å². The molecule has 1 unspecified atom stereocenters. The molecule has 0 spiro atoms. The van der Waals surface area contributed by atoms with Crippen molar-refractivity contribution in [3.05, 3.63) is 22.8 Å². The second-order valence-corrected chi connectivity index (χ2v) is 4.84. The van der Waals surface area contributed by atoms with Gasteiger partial charge in [0.1, 0.15) is 0 Å². The highest BCUT2D eigenvalue weighted by Crippen LogP contribution is 2.36. The summed E-state index contributed by atoms with van der Waals surface area (Å²) >= 11 is 0. The fraction of sp³-hybridized carbons (Fsp3) is 0.733. The smallest absolute Gasteiger partial charge is 0.0451 e. The van der Waals surface area contributed by atoms with Crippen molar-refractivity contribution in [2.75, 3.05) is 0 Å². The van der Waals surface area contributed by atoms with E-state index in [1.807, 2.05) is 0 Å². The maximum atomic E-state index is 6.09. The molecule has 0 saturated carbocycles. The Kier molecular flexibility index (Phi) is 5.83. The third-order valence-corrected chi connectivity index (χ3v) is 3.31. The molecule has 2 aliphatic carbocycles. The summed E-state index contributed by atoms with van der Waals surface area (Å²) in [6.07, 6.45) is 11.3. The average Bonchev–Trinajstić information content (AvgIpc) is 2.47. The second kappa shape index (κ2) is 6.90. The van der Waals surface area contributed by atoms with Gasteiger partial charge in [0, 0.05) is 6.04 Å². The lowest BCUT2D eigenvalue weighted by molar-refractivity contribution is 0.694. The minimum Gasteiger partial charge on any atom is -0.321 e. The Bertz CT molecular complexity index is 273. The van der Waals surface area contributed by atoms with E-state index in [-0.39, 0.29) is 6.04 Å². The van der Waals surface area contributed by atoms with Gasteiger partial charge in [-0.15, -0.1) is 0 Å². The summed E-state index contributed by atoms with van der Waals surface area (Å²) in [5.41, 5.74) is 10.8. The molecule has 2 N–H and O–H groups in total. The first kappa shape index (κ1) is 13.5. The van der Waals surface area contributed by atoms with Crippen molar-refractivity contribution in [1.29, 1.82) is 0 Å². The van der Waals surface area contributed by atoms with Crippen molar-refractivity contribution in [2.45, 2.75) is 71.8 Å². The van der Waals surface area contributed by atoms with Gasteiger partial charge in [0.25, 0.3) is 0 Å². The van der Waals surface area contributed by atoms with Crippen LogP contribution in [0.2, 0.25) is 0 Å². The third kappa shape index (κ3) is 3.21. The quantitative estimate of drug-likeness (QED) is 0.700. The summed E-state index contributed by atoms with van der Waals surface area (Å²) in [6.45, 7) is 6.49. The molecule has 0 saturated heterocycles. The monoisotopic (exact) mass is 221 g/mol. The molecule has 92 valence electrons. The molecule has 0 radical (unpaired) electrons. The summed E-state index contributed by atoms with van der Waals surface area (Å²) in [5.74, 6) is 0. The highest BCUT2D eigenvalue weighted by atomic mass is 14.6. The standard InChI is InChI=1S/C12H19N.C3H8/c1-2-9-8-12(13)11-7-5-3-4-6-10(9)11;1-3-2/h8,12H,2-7,13H2,1H3;3H2,1-2H3. The van der Waals surface area contributed by atoms with E-state index in [0.717, 1.165) is 6.42 Å². The number of rotatable bonds is 1. The van der Waals surface area contributed by atoms with Crippen LogP contribution in [0.15, 0.2) is 22.8 Å². The van der Waals surface area contributed by atoms with Crippen molar-refractivity contribution < 1.29 is 0 Å². The molecule has 0 amide bonds. The van der Waals surface area contributed by atoms with Gasteiger partial charge in [-0.2, -0.15) is 0 Å². The molecule has 1 heteroatoms. The molecular formula is C15H27N. The van der Waals surface area contributed by atoms with Gasteiger partial charge in [-0.25, -0.2) is 0 Å². The molecule has 2 aliphatic rings. The Balaban J connectivity index is 0.000000386. The van der Waals surface area contributed by atoms with E-state index < -0.39 is 0 Å². The highest BCUT2D eigenvalue weighted by molar-refractivity contribution is 5.47. The number of hydrogen-bond acceptors (Lipinski definition) is 1. The zero-order valence-electron chi connectivity index (χ0n) is 11.2. The Morgan fingerprint density at radius 2 is 1.75 bits per heavy atom. The van der Waals surface area contributed by atoms with E-state index in [1.165, 1.54) is 44.1 Å². The maximum Gasteiger partial charge on any atom is 0.0451 e. The van der Waals surface area contributed by atoms with Crippen LogP contribution in [0.3, 0.4) is 0 Å². The molecule has 0 bridgehead atoms. The van der Waals surface area contributed by atoms with E-state index in [1.54, 1.807) is 11.1 Å². The van der Waals surface area contributed by atoms with E-state index in [9.17, 15) is 0 Å². The molecule has 16 heavy (non-hydrogen) atoms. The van der Waals surface area contributed by atoms with E-state index in [2.05, 4.69) is 26.8 Å². The molecule has 0 aliphatic heterocycles. The molecule has 0 fully saturated rings. The Labute approximate surface area is 101 Å². The lowest BCUT2D eigenvalue weighted by atomic mass is 9.99. The lowest BCUT2D eigenvalue weighted by Crippen LogP contribution is -2.17. The SMILES string of the molecule is CCC.CCC1=CC(N)C2=C1CCCCC2. The minimum atomic E-state index is 0.253. The fourth-order valence-electron chi connectivity index (χ4n) is 2.59. The van der Waals surface area contributed by atoms with Crippen LogP contribution in [0.4, 0.5) is 0 Å². The minimum absolute atomic E-state index is 0.253. The fourth-order valence-corrected chi connectivity index (χ4v) is 2.59. The second-order valence-electron chi connectivity index (χ2n) is 4.84. The summed E-state index contributed by atoms with van der Waals surface area (Å²) < 4.78 is 0. The predicted molar refractivity (Wildman–Crippen MR) is 72.4 cm³/mol. The predicted octanol–water partition coefficient (Wildman–Crippen LogP) is 4.34. The van der Waals surface area contributed by atoms with Gasteiger partial charge in [-0.3, -0.25) is 0 Å². The molecular weight excluding hydrogens is 194 g/mol. The van der Waals surface area contributed by atoms with Gasteiger partial charge in [0.05, 0.1) is 0 Å². The third-order valence-electron chi connectivity index (χ3n) is 3.31. The first-order chi connectivity index (χ1) is 7.74. The maximum absolute atomic E-state index is 6.09. The van der Waals surface area contributed by atoms with Gasteiger partial charge < -0.3 is 5.73 Å². The first-order valence-electron chi connectivity index (χ1n) is 6.93. The van der Waals surface area contributed by atoms with Gasteiger partial charge in [-0.1, -0.05) is 39.7 Å². The largest absolute Gasteiger partial charge is 0.321 e. The van der Waals surface area contributed by atoms with Crippen molar-refractivity contribution in [1.82, 2.24) is 0 Å². The van der Waals surface area contributed by atoms with Crippen LogP contribution < -0.4 is 5.73 Å². The number of nitrogens with two attached hydrogens (primary N) is 1. The van der Waals surface area contributed by atoms with Crippen LogP contribution in [0.1, 0.15) is 65.7 Å². The number of hydrogen-bond donors (Lipinski definition) is 1. The zero-order chi connectivity index (χ0) is 12.0. The summed E-state index contributed by atoms with van der Waals surface area (Å²) in [6, 6.07) is 0.253. The van der Waals surface area contributed by atoms with E-state index in [0.29, 0.717) is 0 Å². The summed E-state index contributed by atoms with van der Waals surface area (Å²) in [5, 5.41) is 0. The highest BCUT2D eigenvalue weighted by Gasteiger charge is 2.23. The average molecular weight is 221 g/mol. The van der Waals surface area contributed by atoms with Crippen LogP contribution in [-0.4, -0.2) is 6.04 Å². The van der Waals surface area contributed by atoms with Gasteiger partial charge in [0.15, 0.2) is 0 Å². The normalized spacial score (nSPS) is 24.2. The van der Waals surface area contributed by atoms with E-state index in [4.69, 9.17) is 5.73 Å². The molecule has 1 nitrogen and oxygen atoms in total. The molecule has 0 aromatic carbocycles. The van der Waals surface area contributed by atoms with Gasteiger partial charge in [-0.05, 0) is 48.8 Å². The van der Waals surface area contributed by atoms with Crippen molar-refractivity contribution in [3.63, 3.8) is 0 Å². The zero-order valence-corrected chi connectivity index (χ0v) is 11.2. The van der Waals surface area contributed by atoms with Gasteiger partial charge >= 0.3 is 0 Å². The van der Waals surface area contributed by atoms with Crippen LogP contribution in [0.25, 0.3) is 0 Å². The van der Waals surface area contributed by atoms with Gasteiger partial charge in [0.2, 0.25) is 0 Å². The van der Waals surface area contributed by atoms with Crippen LogP contribution in [0.5, 0.6) is 0 Å². The molecule has 1 atom stereocenters. The molecule has 0 heterocycles. The van der Waals surface area contributed by atoms with Crippen molar-refractivity contribution >= 4 is 0 Å². The Hall–Kier alpha value is -0.560. The van der Waals surface area contributed by atoms with Crippen LogP contribution in [-0.2, 0) is 0 Å². The summed E-state index contributed by atoms with van der Waals surface area (Å²) in [7, 11) is 0. The van der Waals surface area contributed by atoms with Crippen molar-refractivity contribution in [3.8, 4) is 0 Å². The lowest BCUT2D eigenvalue weighted by Gasteiger charge is -2.08. The van der Waals surface area contributed by atoms with Crippen molar-refractivity contribution in [2.24, 2.45) is 5.73 Å². The van der Waals surface area contributed by atoms with Crippen LogP contribution >= 0.6 is 0 Å². The summed E-state index contributed by atoms with van der Waals surface area (Å²) in [4.78, 5) is 0. The molecule has 0 aromatic rings. The Morgan fingerprint density at radius 1 is 1.12 bits per heavy atom. The topological polar surface area (TPSA) is 26.0 Å². The Morgan fingerprint density at radius 3 is 2.38 bits per heavy atom. The molecule has 2 rings (SSSR count). The first-order valence-corrected chi connectivity index (χ1v) is 6.93.